The average molecular weight is 597 g/mol. The number of imidazole rings is 1. The van der Waals surface area contributed by atoms with Gasteiger partial charge in [-0.2, -0.15) is 0 Å². The maximum atomic E-state index is 5.51. The van der Waals surface area contributed by atoms with Gasteiger partial charge in [-0.15, -0.1) is 0 Å². The van der Waals surface area contributed by atoms with E-state index in [1.807, 2.05) is 30.3 Å². The van der Waals surface area contributed by atoms with Crippen molar-refractivity contribution in [3.05, 3.63) is 138 Å². The molecule has 0 aliphatic heterocycles. The zero-order chi connectivity index (χ0) is 27.8. The number of ether oxygens (including phenoxy) is 1. The first-order valence-corrected chi connectivity index (χ1v) is 14.3. The number of hydrogen-bond acceptors (Lipinski definition) is 2. The van der Waals surface area contributed by atoms with Crippen LogP contribution in [0.25, 0.3) is 61.8 Å². The maximum absolute atomic E-state index is 5.51. The lowest BCUT2D eigenvalue weighted by molar-refractivity contribution is 0.415. The normalized spacial score (nSPS) is 11.2. The van der Waals surface area contributed by atoms with Crippen LogP contribution in [-0.4, -0.2) is 21.6 Å². The van der Waals surface area contributed by atoms with Crippen LogP contribution in [0, 0.1) is 0 Å². The molecule has 0 aliphatic carbocycles. The lowest BCUT2D eigenvalue weighted by atomic mass is 10.0. The molecule has 0 radical (unpaired) electrons. The van der Waals surface area contributed by atoms with Crippen molar-refractivity contribution < 1.29 is 4.74 Å². The largest absolute Gasteiger partial charge is 0.497 e. The molecule has 7 rings (SSSR count). The Morgan fingerprint density at radius 2 is 1.34 bits per heavy atom. The van der Waals surface area contributed by atoms with Crippen LogP contribution in [0.4, 0.5) is 0 Å². The van der Waals surface area contributed by atoms with Crippen molar-refractivity contribution in [2.75, 3.05) is 7.11 Å². The number of rotatable bonds is 6. The van der Waals surface area contributed by atoms with Gasteiger partial charge in [0.25, 0.3) is 0 Å². The first kappa shape index (κ1) is 25.1. The number of hydrogen-bond donors (Lipinski definition) is 1. The second-order valence-electron chi connectivity index (χ2n) is 9.83. The molecule has 0 amide bonds. The lowest BCUT2D eigenvalue weighted by Gasteiger charge is -2.15. The van der Waals surface area contributed by atoms with Crippen molar-refractivity contribution in [1.82, 2.24) is 14.5 Å². The second kappa shape index (κ2) is 10.6. The number of H-pyrrole nitrogens is 1. The molecule has 0 saturated heterocycles. The average Bonchev–Trinajstić information content (AvgIpc) is 3.61. The van der Waals surface area contributed by atoms with E-state index >= 15 is 0 Å². The van der Waals surface area contributed by atoms with E-state index in [1.165, 1.54) is 0 Å². The predicted octanol–water partition coefficient (Wildman–Crippen LogP) is 9.79. The third-order valence-corrected chi connectivity index (χ3v) is 7.84. The fourth-order valence-electron chi connectivity index (χ4n) is 5.46. The van der Waals surface area contributed by atoms with Crippen molar-refractivity contribution in [2.45, 2.75) is 0 Å². The van der Waals surface area contributed by atoms with E-state index in [9.17, 15) is 0 Å². The van der Waals surface area contributed by atoms with Crippen LogP contribution >= 0.6 is 15.9 Å². The molecular weight excluding hydrogens is 570 g/mol. The molecule has 0 atom stereocenters. The fraction of sp³-hybridized carbons (Fsp3) is 0.0278. The minimum atomic E-state index is 0.807. The van der Waals surface area contributed by atoms with Crippen LogP contribution in [0.2, 0.25) is 0 Å². The minimum absolute atomic E-state index is 0.807. The van der Waals surface area contributed by atoms with E-state index < -0.39 is 0 Å². The van der Waals surface area contributed by atoms with E-state index in [2.05, 4.69) is 129 Å². The number of halogens is 1. The van der Waals surface area contributed by atoms with Crippen LogP contribution in [0.3, 0.4) is 0 Å². The first-order valence-electron chi connectivity index (χ1n) is 13.5. The van der Waals surface area contributed by atoms with Crippen LogP contribution in [0.15, 0.2) is 138 Å². The van der Waals surface area contributed by atoms with E-state index in [-0.39, 0.29) is 0 Å². The Bertz CT molecular complexity index is 1970. The summed E-state index contributed by atoms with van der Waals surface area (Å²) in [6, 6.07) is 45.9. The summed E-state index contributed by atoms with van der Waals surface area (Å²) in [5.41, 5.74) is 9.31. The molecule has 5 heteroatoms. The van der Waals surface area contributed by atoms with E-state index in [1.54, 1.807) is 7.11 Å². The van der Waals surface area contributed by atoms with Gasteiger partial charge in [-0.25, -0.2) is 4.98 Å². The van der Waals surface area contributed by atoms with Gasteiger partial charge in [0.15, 0.2) is 0 Å². The molecule has 7 aromatic rings. The second-order valence-corrected chi connectivity index (χ2v) is 10.7. The third kappa shape index (κ3) is 4.54. The Labute approximate surface area is 247 Å². The Morgan fingerprint density at radius 3 is 2.05 bits per heavy atom. The molecule has 0 aliphatic rings. The summed E-state index contributed by atoms with van der Waals surface area (Å²) in [4.78, 5) is 9.19. The Morgan fingerprint density at radius 1 is 0.683 bits per heavy atom. The molecule has 41 heavy (non-hydrogen) atoms. The van der Waals surface area contributed by atoms with E-state index in [4.69, 9.17) is 9.72 Å². The Hall–Kier alpha value is -4.87. The maximum Gasteiger partial charge on any atom is 0.148 e. The molecule has 2 heterocycles. The first-order chi connectivity index (χ1) is 20.2. The van der Waals surface area contributed by atoms with Gasteiger partial charge in [-0.1, -0.05) is 107 Å². The molecule has 0 unspecified atom stereocenters. The molecule has 0 spiro atoms. The quantitative estimate of drug-likeness (QED) is 0.208. The summed E-state index contributed by atoms with van der Waals surface area (Å²) in [5, 5.41) is 1.11. The summed E-state index contributed by atoms with van der Waals surface area (Å²) < 4.78 is 8.82. The Balaban J connectivity index is 1.63. The topological polar surface area (TPSA) is 42.8 Å². The molecule has 0 bridgehead atoms. The van der Waals surface area contributed by atoms with Crippen molar-refractivity contribution in [2.24, 2.45) is 0 Å². The number of fused-ring (bicyclic) bond motifs is 1. The van der Waals surface area contributed by atoms with Crippen LogP contribution in [0.1, 0.15) is 0 Å². The number of para-hydroxylation sites is 1. The van der Waals surface area contributed by atoms with Gasteiger partial charge in [-0.3, -0.25) is 4.57 Å². The van der Waals surface area contributed by atoms with Crippen LogP contribution in [-0.2, 0) is 0 Å². The summed E-state index contributed by atoms with van der Waals surface area (Å²) >= 11 is 3.68. The smallest absolute Gasteiger partial charge is 0.148 e. The Kier molecular flexibility index (Phi) is 6.50. The molecule has 1 N–H and O–H groups in total. The van der Waals surface area contributed by atoms with Gasteiger partial charge < -0.3 is 9.72 Å². The van der Waals surface area contributed by atoms with Gasteiger partial charge >= 0.3 is 0 Å². The van der Waals surface area contributed by atoms with Gasteiger partial charge in [0.1, 0.15) is 11.6 Å². The molecule has 5 aromatic carbocycles. The number of benzene rings is 5. The van der Waals surface area contributed by atoms with Crippen molar-refractivity contribution in [3.63, 3.8) is 0 Å². The summed E-state index contributed by atoms with van der Waals surface area (Å²) in [6.07, 6.45) is 0. The van der Waals surface area contributed by atoms with Gasteiger partial charge in [0.2, 0.25) is 0 Å². The number of nitrogens with one attached hydrogen (secondary N) is 1. The van der Waals surface area contributed by atoms with Crippen LogP contribution < -0.4 is 4.74 Å². The molecule has 2 aromatic heterocycles. The summed E-state index contributed by atoms with van der Waals surface area (Å²) in [6.45, 7) is 0. The third-order valence-electron chi connectivity index (χ3n) is 7.35. The standard InChI is InChI=1S/C36H26BrN3O/c1-41-29-21-19-28(20-22-29)40-35(25-13-6-3-7-14-25)34(24-11-4-2-5-12-24)39-36(40)32-30-17-8-9-18-31(30)38-33(32)26-15-10-16-27(37)23-26/h2-23,38H,1H3. The summed E-state index contributed by atoms with van der Waals surface area (Å²) in [5.74, 6) is 1.67. The molecule has 4 nitrogen and oxygen atoms in total. The van der Waals surface area contributed by atoms with Gasteiger partial charge in [0, 0.05) is 32.2 Å². The zero-order valence-corrected chi connectivity index (χ0v) is 24.0. The lowest BCUT2D eigenvalue weighted by Crippen LogP contribution is -2.01. The number of methoxy groups -OCH3 is 1. The molecular formula is C36H26BrN3O. The molecule has 198 valence electrons. The highest BCUT2D eigenvalue weighted by molar-refractivity contribution is 9.10. The predicted molar refractivity (Wildman–Crippen MR) is 171 cm³/mol. The number of aromatic nitrogens is 3. The van der Waals surface area contributed by atoms with Crippen molar-refractivity contribution >= 4 is 26.8 Å². The monoisotopic (exact) mass is 595 g/mol. The molecule has 0 fully saturated rings. The highest BCUT2D eigenvalue weighted by Crippen LogP contribution is 2.44. The fourth-order valence-corrected chi connectivity index (χ4v) is 5.86. The van der Waals surface area contributed by atoms with E-state index in [0.717, 1.165) is 72.0 Å². The van der Waals surface area contributed by atoms with Crippen LogP contribution in [0.5, 0.6) is 5.75 Å². The number of nitrogens with zero attached hydrogens (tertiary/aromatic N) is 2. The SMILES string of the molecule is COc1ccc(-n2c(-c3c(-c4cccc(Br)c4)[nH]c4ccccc34)nc(-c3ccccc3)c2-c2ccccc2)cc1. The van der Waals surface area contributed by atoms with Crippen molar-refractivity contribution in [1.29, 1.82) is 0 Å². The van der Waals surface area contributed by atoms with E-state index in [0.29, 0.717) is 0 Å². The minimum Gasteiger partial charge on any atom is -0.497 e. The highest BCUT2D eigenvalue weighted by atomic mass is 79.9. The zero-order valence-electron chi connectivity index (χ0n) is 22.4. The van der Waals surface area contributed by atoms with Gasteiger partial charge in [-0.05, 0) is 48.0 Å². The summed E-state index contributed by atoms with van der Waals surface area (Å²) in [7, 11) is 1.69. The highest BCUT2D eigenvalue weighted by Gasteiger charge is 2.26. The van der Waals surface area contributed by atoms with Crippen molar-refractivity contribution in [3.8, 4) is 56.6 Å². The molecule has 0 saturated carbocycles. The van der Waals surface area contributed by atoms with Gasteiger partial charge in [0.05, 0.1) is 29.8 Å². The number of aromatic amines is 1.